The maximum atomic E-state index is 12.4. The molecule has 2 heterocycles. The van der Waals surface area contributed by atoms with Gasteiger partial charge >= 0.3 is 12.1 Å². The molecule has 2 unspecified atom stereocenters. The first-order valence-electron chi connectivity index (χ1n) is 8.92. The molecule has 0 spiro atoms. The lowest BCUT2D eigenvalue weighted by molar-refractivity contribution is 0.0464. The molecule has 0 radical (unpaired) electrons. The van der Waals surface area contributed by atoms with Crippen molar-refractivity contribution in [2.75, 3.05) is 19.8 Å². The van der Waals surface area contributed by atoms with Crippen LogP contribution in [0.4, 0.5) is 4.79 Å². The standard InChI is InChI=1S/C19H28N2O5/c1-6-25-17(22)14-9-12(2)10-20-16(14)15(13-7-8-24-11-13)21-18(23)26-19(3,4)5/h9-10,13,15H,6-8,11H2,1-5H3,(H,21,23). The van der Waals surface area contributed by atoms with Crippen LogP contribution in [0.5, 0.6) is 0 Å². The van der Waals surface area contributed by atoms with Gasteiger partial charge in [-0.15, -0.1) is 0 Å². The third-order valence-corrected chi connectivity index (χ3v) is 3.95. The van der Waals surface area contributed by atoms with E-state index in [-0.39, 0.29) is 12.5 Å². The Morgan fingerprint density at radius 2 is 2.15 bits per heavy atom. The van der Waals surface area contributed by atoms with E-state index < -0.39 is 23.7 Å². The highest BCUT2D eigenvalue weighted by Crippen LogP contribution is 2.30. The summed E-state index contributed by atoms with van der Waals surface area (Å²) in [6.07, 6.45) is 1.89. The first-order valence-corrected chi connectivity index (χ1v) is 8.92. The fourth-order valence-electron chi connectivity index (χ4n) is 2.86. The average Bonchev–Trinajstić information content (AvgIpc) is 3.05. The van der Waals surface area contributed by atoms with Crippen LogP contribution in [0.25, 0.3) is 0 Å². The minimum absolute atomic E-state index is 0.00546. The Morgan fingerprint density at radius 1 is 1.42 bits per heavy atom. The maximum Gasteiger partial charge on any atom is 0.408 e. The molecule has 1 aliphatic rings. The number of aryl methyl sites for hydroxylation is 1. The maximum absolute atomic E-state index is 12.4. The minimum atomic E-state index is -0.620. The molecule has 1 fully saturated rings. The van der Waals surface area contributed by atoms with Gasteiger partial charge in [0.25, 0.3) is 0 Å². The number of ether oxygens (including phenoxy) is 3. The third kappa shape index (κ3) is 5.42. The Balaban J connectivity index is 2.36. The molecular weight excluding hydrogens is 336 g/mol. The number of hydrogen-bond acceptors (Lipinski definition) is 6. The molecule has 1 aromatic heterocycles. The number of rotatable bonds is 5. The van der Waals surface area contributed by atoms with E-state index in [2.05, 4.69) is 10.3 Å². The zero-order valence-corrected chi connectivity index (χ0v) is 16.1. The molecule has 1 aromatic rings. The van der Waals surface area contributed by atoms with Gasteiger partial charge in [0.1, 0.15) is 5.60 Å². The number of carbonyl (C=O) groups excluding carboxylic acids is 2. The summed E-state index contributed by atoms with van der Waals surface area (Å²) in [5.41, 5.74) is 1.07. The molecule has 7 heteroatoms. The molecule has 0 saturated carbocycles. The normalized spacial score (nSPS) is 18.3. The summed E-state index contributed by atoms with van der Waals surface area (Å²) in [6, 6.07) is 1.24. The second kappa shape index (κ2) is 8.49. The van der Waals surface area contributed by atoms with Crippen molar-refractivity contribution in [3.63, 3.8) is 0 Å². The fourth-order valence-corrected chi connectivity index (χ4v) is 2.86. The van der Waals surface area contributed by atoms with Crippen LogP contribution >= 0.6 is 0 Å². The molecule has 2 rings (SSSR count). The molecule has 0 aliphatic carbocycles. The SMILES string of the molecule is CCOC(=O)c1cc(C)cnc1C(NC(=O)OC(C)(C)C)C1CCOC1. The van der Waals surface area contributed by atoms with Gasteiger partial charge < -0.3 is 19.5 Å². The Labute approximate surface area is 154 Å². The largest absolute Gasteiger partial charge is 0.462 e. The van der Waals surface area contributed by atoms with E-state index in [1.54, 1.807) is 40.0 Å². The van der Waals surface area contributed by atoms with Crippen molar-refractivity contribution in [1.82, 2.24) is 10.3 Å². The predicted octanol–water partition coefficient (Wildman–Crippen LogP) is 3.17. The number of carbonyl (C=O) groups is 2. The van der Waals surface area contributed by atoms with Crippen LogP contribution in [0.1, 0.15) is 61.8 Å². The van der Waals surface area contributed by atoms with Gasteiger partial charge in [-0.3, -0.25) is 4.98 Å². The summed E-state index contributed by atoms with van der Waals surface area (Å²) in [7, 11) is 0. The average molecular weight is 364 g/mol. The van der Waals surface area contributed by atoms with E-state index in [0.717, 1.165) is 12.0 Å². The van der Waals surface area contributed by atoms with Crippen LogP contribution in [-0.2, 0) is 14.2 Å². The highest BCUT2D eigenvalue weighted by molar-refractivity contribution is 5.91. The Hall–Kier alpha value is -2.15. The van der Waals surface area contributed by atoms with Gasteiger partial charge in [0, 0.05) is 18.7 Å². The van der Waals surface area contributed by atoms with Gasteiger partial charge in [0.15, 0.2) is 0 Å². The van der Waals surface area contributed by atoms with E-state index in [4.69, 9.17) is 14.2 Å². The molecule has 0 aromatic carbocycles. The van der Waals surface area contributed by atoms with Crippen molar-refractivity contribution in [1.29, 1.82) is 0 Å². The predicted molar refractivity (Wildman–Crippen MR) is 96.0 cm³/mol. The van der Waals surface area contributed by atoms with Crippen molar-refractivity contribution in [3.05, 3.63) is 29.1 Å². The quantitative estimate of drug-likeness (QED) is 0.808. The first-order chi connectivity index (χ1) is 12.2. The van der Waals surface area contributed by atoms with Gasteiger partial charge in [-0.25, -0.2) is 9.59 Å². The van der Waals surface area contributed by atoms with Crippen LogP contribution < -0.4 is 5.32 Å². The van der Waals surface area contributed by atoms with E-state index in [9.17, 15) is 9.59 Å². The molecule has 7 nitrogen and oxygen atoms in total. The molecular formula is C19H28N2O5. The van der Waals surface area contributed by atoms with Crippen LogP contribution in [0.3, 0.4) is 0 Å². The Morgan fingerprint density at radius 3 is 2.73 bits per heavy atom. The summed E-state index contributed by atoms with van der Waals surface area (Å²) in [6.45, 7) is 10.4. The third-order valence-electron chi connectivity index (χ3n) is 3.95. The summed E-state index contributed by atoms with van der Waals surface area (Å²) in [5, 5.41) is 2.88. The number of nitrogens with one attached hydrogen (secondary N) is 1. The number of amides is 1. The van der Waals surface area contributed by atoms with Crippen LogP contribution in [0, 0.1) is 12.8 Å². The first kappa shape index (κ1) is 20.2. The number of nitrogens with zero attached hydrogens (tertiary/aromatic N) is 1. The molecule has 1 N–H and O–H groups in total. The molecule has 144 valence electrons. The minimum Gasteiger partial charge on any atom is -0.462 e. The highest BCUT2D eigenvalue weighted by Gasteiger charge is 2.34. The van der Waals surface area contributed by atoms with Gasteiger partial charge in [-0.2, -0.15) is 0 Å². The number of hydrogen-bond donors (Lipinski definition) is 1. The molecule has 2 atom stereocenters. The molecule has 0 bridgehead atoms. The van der Waals surface area contributed by atoms with Crippen molar-refractivity contribution >= 4 is 12.1 Å². The van der Waals surface area contributed by atoms with E-state index in [1.165, 1.54) is 0 Å². The van der Waals surface area contributed by atoms with Gasteiger partial charge in [0.2, 0.25) is 0 Å². The van der Waals surface area contributed by atoms with Crippen LogP contribution in [0.15, 0.2) is 12.3 Å². The monoisotopic (exact) mass is 364 g/mol. The van der Waals surface area contributed by atoms with Crippen molar-refractivity contribution in [2.24, 2.45) is 5.92 Å². The second-order valence-corrected chi connectivity index (χ2v) is 7.41. The van der Waals surface area contributed by atoms with Crippen molar-refractivity contribution in [2.45, 2.75) is 52.7 Å². The zero-order chi connectivity index (χ0) is 19.3. The zero-order valence-electron chi connectivity index (χ0n) is 16.1. The van der Waals surface area contributed by atoms with Gasteiger partial charge in [-0.05, 0) is 52.7 Å². The van der Waals surface area contributed by atoms with Gasteiger partial charge in [0.05, 0.1) is 30.5 Å². The molecule has 1 amide bonds. The summed E-state index contributed by atoms with van der Waals surface area (Å²) in [4.78, 5) is 29.2. The van der Waals surface area contributed by atoms with Crippen molar-refractivity contribution < 1.29 is 23.8 Å². The fraction of sp³-hybridized carbons (Fsp3) is 0.632. The second-order valence-electron chi connectivity index (χ2n) is 7.41. The number of esters is 1. The van der Waals surface area contributed by atoms with Crippen LogP contribution in [-0.4, -0.2) is 42.5 Å². The lowest BCUT2D eigenvalue weighted by atomic mass is 9.92. The number of pyridine rings is 1. The van der Waals surface area contributed by atoms with Crippen LogP contribution in [0.2, 0.25) is 0 Å². The summed E-state index contributed by atoms with van der Waals surface area (Å²) in [5.74, 6) is -0.445. The van der Waals surface area contributed by atoms with Gasteiger partial charge in [-0.1, -0.05) is 0 Å². The molecule has 26 heavy (non-hydrogen) atoms. The summed E-state index contributed by atoms with van der Waals surface area (Å²) >= 11 is 0. The molecule has 1 saturated heterocycles. The number of aromatic nitrogens is 1. The van der Waals surface area contributed by atoms with E-state index in [1.807, 2.05) is 6.92 Å². The number of alkyl carbamates (subject to hydrolysis) is 1. The lowest BCUT2D eigenvalue weighted by Crippen LogP contribution is -2.39. The Kier molecular flexibility index (Phi) is 6.58. The van der Waals surface area contributed by atoms with Crippen molar-refractivity contribution in [3.8, 4) is 0 Å². The van der Waals surface area contributed by atoms with E-state index >= 15 is 0 Å². The smallest absolute Gasteiger partial charge is 0.408 e. The lowest BCUT2D eigenvalue weighted by Gasteiger charge is -2.27. The Bertz CT molecular complexity index is 648. The molecule has 1 aliphatic heterocycles. The summed E-state index contributed by atoms with van der Waals surface area (Å²) < 4.78 is 16.0. The topological polar surface area (TPSA) is 86.8 Å². The highest BCUT2D eigenvalue weighted by atomic mass is 16.6. The van der Waals surface area contributed by atoms with E-state index in [0.29, 0.717) is 24.5 Å².